The highest BCUT2D eigenvalue weighted by Crippen LogP contribution is 2.42. The normalized spacial score (nSPS) is 16.6. The smallest absolute Gasteiger partial charge is 0.0937 e. The van der Waals surface area contributed by atoms with Gasteiger partial charge in [0, 0.05) is 22.0 Å². The van der Waals surface area contributed by atoms with Crippen LogP contribution in [0.1, 0.15) is 50.2 Å². The van der Waals surface area contributed by atoms with E-state index >= 15 is 0 Å². The van der Waals surface area contributed by atoms with Gasteiger partial charge in [0.25, 0.3) is 0 Å². The molecule has 4 heteroatoms. The molecule has 7 rings (SSSR count). The van der Waals surface area contributed by atoms with Gasteiger partial charge in [0.1, 0.15) is 0 Å². The van der Waals surface area contributed by atoms with Crippen LogP contribution in [0.4, 0.5) is 0 Å². The van der Waals surface area contributed by atoms with E-state index < -0.39 is 0 Å². The van der Waals surface area contributed by atoms with Crippen molar-refractivity contribution in [3.8, 4) is 33.9 Å². The predicted octanol–water partition coefficient (Wildman–Crippen LogP) is 7.06. The Balaban J connectivity index is 1.40. The molecule has 178 valence electrons. The van der Waals surface area contributed by atoms with Crippen LogP contribution < -0.4 is 0 Å². The molecule has 0 atom stereocenters. The maximum atomic E-state index is 5.17. The van der Waals surface area contributed by atoms with Gasteiger partial charge < -0.3 is 0 Å². The van der Waals surface area contributed by atoms with E-state index in [1.807, 2.05) is 0 Å². The summed E-state index contributed by atoms with van der Waals surface area (Å²) >= 11 is 0. The number of hydrogen-bond donors (Lipinski definition) is 0. The fraction of sp³-hybridized carbons (Fsp3) is 0.250. The van der Waals surface area contributed by atoms with Gasteiger partial charge in [-0.05, 0) is 48.2 Å². The van der Waals surface area contributed by atoms with Gasteiger partial charge in [-0.3, -0.25) is 0 Å². The summed E-state index contributed by atoms with van der Waals surface area (Å²) in [5.41, 5.74) is 11.8. The third-order valence-corrected chi connectivity index (χ3v) is 7.99. The second kappa shape index (κ2) is 7.30. The first-order chi connectivity index (χ1) is 17.3. The number of nitrogens with zero attached hydrogens (tertiary/aromatic N) is 4. The second-order valence-corrected chi connectivity index (χ2v) is 11.6. The lowest BCUT2D eigenvalue weighted by Crippen LogP contribution is -2.29. The minimum Gasteiger partial charge on any atom is -0.236 e. The fourth-order valence-corrected chi connectivity index (χ4v) is 6.15. The van der Waals surface area contributed by atoms with Gasteiger partial charge in [-0.2, -0.15) is 10.2 Å². The topological polar surface area (TPSA) is 35.6 Å². The van der Waals surface area contributed by atoms with Crippen molar-refractivity contribution in [1.82, 2.24) is 19.6 Å². The summed E-state index contributed by atoms with van der Waals surface area (Å²) in [6.45, 7) is 9.26. The zero-order valence-electron chi connectivity index (χ0n) is 21.3. The van der Waals surface area contributed by atoms with Crippen LogP contribution in [0.25, 0.3) is 33.9 Å². The summed E-state index contributed by atoms with van der Waals surface area (Å²) in [6.07, 6.45) is 2.02. The minimum atomic E-state index is 0.00970. The van der Waals surface area contributed by atoms with Crippen LogP contribution >= 0.6 is 0 Å². The number of aromatic nitrogens is 4. The number of rotatable bonds is 2. The van der Waals surface area contributed by atoms with Crippen molar-refractivity contribution in [3.63, 3.8) is 0 Å². The first kappa shape index (κ1) is 21.4. The van der Waals surface area contributed by atoms with Gasteiger partial charge in [-0.25, -0.2) is 9.36 Å². The van der Waals surface area contributed by atoms with Crippen molar-refractivity contribution >= 4 is 0 Å². The molecule has 2 aliphatic rings. The molecule has 2 aromatic heterocycles. The highest BCUT2D eigenvalue weighted by atomic mass is 15.3. The molecule has 0 bridgehead atoms. The Morgan fingerprint density at radius 3 is 1.39 bits per heavy atom. The molecule has 5 aromatic rings. The molecular weight excluding hydrogens is 440 g/mol. The molecule has 2 aliphatic heterocycles. The molecule has 0 N–H and O–H groups in total. The van der Waals surface area contributed by atoms with Crippen molar-refractivity contribution in [2.45, 2.75) is 51.4 Å². The minimum absolute atomic E-state index is 0.00970. The molecule has 0 aliphatic carbocycles. The third-order valence-electron chi connectivity index (χ3n) is 7.99. The van der Waals surface area contributed by atoms with Crippen molar-refractivity contribution < 1.29 is 0 Å². The molecule has 4 nitrogen and oxygen atoms in total. The van der Waals surface area contributed by atoms with Gasteiger partial charge >= 0.3 is 0 Å². The van der Waals surface area contributed by atoms with Gasteiger partial charge in [0.15, 0.2) is 0 Å². The molecule has 0 saturated heterocycles. The zero-order chi connectivity index (χ0) is 24.7. The molecule has 3 aromatic carbocycles. The Labute approximate surface area is 212 Å². The molecule has 0 fully saturated rings. The first-order valence-corrected chi connectivity index (χ1v) is 12.8. The van der Waals surface area contributed by atoms with Gasteiger partial charge in [-0.1, -0.05) is 88.4 Å². The van der Waals surface area contributed by atoms with Crippen molar-refractivity contribution in [1.29, 1.82) is 0 Å². The summed E-state index contributed by atoms with van der Waals surface area (Å²) in [4.78, 5) is 0. The fourth-order valence-electron chi connectivity index (χ4n) is 6.15. The average Bonchev–Trinajstić information content (AvgIpc) is 3.51. The molecule has 0 unspecified atom stereocenters. The molecule has 0 amide bonds. The quantitative estimate of drug-likeness (QED) is 0.277. The summed E-state index contributed by atoms with van der Waals surface area (Å²) in [7, 11) is 0. The Hall–Kier alpha value is -3.92. The van der Waals surface area contributed by atoms with Gasteiger partial charge in [0.05, 0.1) is 34.2 Å². The van der Waals surface area contributed by atoms with E-state index in [0.717, 1.165) is 35.4 Å². The second-order valence-electron chi connectivity index (χ2n) is 11.6. The lowest BCUT2D eigenvalue weighted by molar-refractivity contribution is 0.466. The van der Waals surface area contributed by atoms with E-state index in [2.05, 4.69) is 122 Å². The first-order valence-electron chi connectivity index (χ1n) is 12.8. The molecule has 4 heterocycles. The maximum Gasteiger partial charge on any atom is 0.0937 e. The average molecular weight is 471 g/mol. The number of fused-ring (bicyclic) bond motifs is 6. The van der Waals surface area contributed by atoms with E-state index in [-0.39, 0.29) is 10.8 Å². The highest BCUT2D eigenvalue weighted by molar-refractivity contribution is 5.81. The summed E-state index contributed by atoms with van der Waals surface area (Å²) in [5.74, 6) is 0. The zero-order valence-corrected chi connectivity index (χ0v) is 21.3. The molecule has 0 radical (unpaired) electrons. The lowest BCUT2D eigenvalue weighted by atomic mass is 9.79. The van der Waals surface area contributed by atoms with Crippen LogP contribution in [0.15, 0.2) is 84.9 Å². The summed E-state index contributed by atoms with van der Waals surface area (Å²) in [6, 6.07) is 30.4. The van der Waals surface area contributed by atoms with Crippen molar-refractivity contribution in [3.05, 3.63) is 107 Å². The standard InChI is InChI=1S/C32H30N4/c1-31(2)19-21-11-5-9-15-27(21)35-29(31)17-25(33-35)23-13-7-8-14-24(23)26-18-30-32(3,4)20-22-12-6-10-16-28(22)36(30)34-26/h5-18H,19-20H2,1-4H3. The SMILES string of the molecule is CC1(C)Cc2ccccc2-n2nc(-c3ccccc3-c3cc4n(n3)-c3ccccc3CC4(C)C)cc21. The Bertz CT molecular complexity index is 1520. The van der Waals surface area contributed by atoms with E-state index in [4.69, 9.17) is 10.2 Å². The van der Waals surface area contributed by atoms with Crippen LogP contribution in [0.5, 0.6) is 0 Å². The number of benzene rings is 3. The molecular formula is C32H30N4. The number of hydrogen-bond acceptors (Lipinski definition) is 2. The molecule has 0 saturated carbocycles. The van der Waals surface area contributed by atoms with Crippen LogP contribution in [0, 0.1) is 0 Å². The summed E-state index contributed by atoms with van der Waals surface area (Å²) < 4.78 is 4.31. The lowest BCUT2D eigenvalue weighted by Gasteiger charge is -2.32. The van der Waals surface area contributed by atoms with E-state index in [1.54, 1.807) is 0 Å². The largest absolute Gasteiger partial charge is 0.236 e. The Kier molecular flexibility index (Phi) is 4.33. The Morgan fingerprint density at radius 2 is 0.944 bits per heavy atom. The molecule has 0 spiro atoms. The maximum absolute atomic E-state index is 5.17. The van der Waals surface area contributed by atoms with Crippen LogP contribution in [-0.4, -0.2) is 19.6 Å². The predicted molar refractivity (Wildman–Crippen MR) is 145 cm³/mol. The van der Waals surface area contributed by atoms with E-state index in [1.165, 1.54) is 33.9 Å². The van der Waals surface area contributed by atoms with Crippen LogP contribution in [0.2, 0.25) is 0 Å². The molecule has 36 heavy (non-hydrogen) atoms. The number of para-hydroxylation sites is 2. The Morgan fingerprint density at radius 1 is 0.556 bits per heavy atom. The van der Waals surface area contributed by atoms with Crippen molar-refractivity contribution in [2.75, 3.05) is 0 Å². The summed E-state index contributed by atoms with van der Waals surface area (Å²) in [5, 5.41) is 10.3. The van der Waals surface area contributed by atoms with E-state index in [9.17, 15) is 0 Å². The van der Waals surface area contributed by atoms with E-state index in [0.29, 0.717) is 0 Å². The van der Waals surface area contributed by atoms with Crippen LogP contribution in [-0.2, 0) is 23.7 Å². The monoisotopic (exact) mass is 470 g/mol. The van der Waals surface area contributed by atoms with Crippen LogP contribution in [0.3, 0.4) is 0 Å². The van der Waals surface area contributed by atoms with Gasteiger partial charge in [0.2, 0.25) is 0 Å². The van der Waals surface area contributed by atoms with Gasteiger partial charge in [-0.15, -0.1) is 0 Å². The van der Waals surface area contributed by atoms with Crippen molar-refractivity contribution in [2.24, 2.45) is 0 Å². The highest BCUT2D eigenvalue weighted by Gasteiger charge is 2.35. The third kappa shape index (κ3) is 3.07.